The van der Waals surface area contributed by atoms with Crippen molar-refractivity contribution in [3.63, 3.8) is 0 Å². The van der Waals surface area contributed by atoms with Gasteiger partial charge in [-0.05, 0) is 53.2 Å². The maximum absolute atomic E-state index is 13.1. The van der Waals surface area contributed by atoms with E-state index in [2.05, 4.69) is 15.3 Å². The Hall–Kier alpha value is -3.62. The summed E-state index contributed by atoms with van der Waals surface area (Å²) in [5.74, 6) is -0.241. The van der Waals surface area contributed by atoms with Crippen LogP contribution in [0.4, 0.5) is 11.4 Å². The third kappa shape index (κ3) is 4.23. The summed E-state index contributed by atoms with van der Waals surface area (Å²) in [6.45, 7) is 0. The van der Waals surface area contributed by atoms with E-state index >= 15 is 0 Å². The Balaban J connectivity index is 1.34. The summed E-state index contributed by atoms with van der Waals surface area (Å²) >= 11 is 2.78. The average Bonchev–Trinajstić information content (AvgIpc) is 3.54. The summed E-state index contributed by atoms with van der Waals surface area (Å²) in [6, 6.07) is 20.9. The highest BCUT2D eigenvalue weighted by molar-refractivity contribution is 8.14. The SMILES string of the molecule is O=C(CSC1=N/C(=C\c2cccs2)C(=O)N1c1ccccc1)Nc1ccc2cc[nH]c2c1. The minimum atomic E-state index is -0.204. The molecule has 0 unspecified atom stereocenters. The lowest BCUT2D eigenvalue weighted by molar-refractivity contribution is -0.114. The number of para-hydroxylation sites is 1. The fourth-order valence-electron chi connectivity index (χ4n) is 3.36. The molecule has 0 saturated carbocycles. The number of rotatable bonds is 5. The van der Waals surface area contributed by atoms with Crippen molar-refractivity contribution in [2.45, 2.75) is 0 Å². The number of hydrogen-bond donors (Lipinski definition) is 2. The van der Waals surface area contributed by atoms with Crippen LogP contribution in [0.25, 0.3) is 17.0 Å². The third-order valence-corrected chi connectivity index (χ3v) is 6.60. The van der Waals surface area contributed by atoms with Crippen LogP contribution in [0.1, 0.15) is 4.88 Å². The Kier molecular flexibility index (Phi) is 5.62. The van der Waals surface area contributed by atoms with Crippen LogP contribution in [0.3, 0.4) is 0 Å². The van der Waals surface area contributed by atoms with Gasteiger partial charge in [0.25, 0.3) is 5.91 Å². The highest BCUT2D eigenvalue weighted by atomic mass is 32.2. The Morgan fingerprint density at radius 1 is 1.12 bits per heavy atom. The molecule has 3 heterocycles. The number of aromatic nitrogens is 1. The predicted octanol–water partition coefficient (Wildman–Crippen LogP) is 5.35. The van der Waals surface area contributed by atoms with Crippen LogP contribution >= 0.6 is 23.1 Å². The summed E-state index contributed by atoms with van der Waals surface area (Å²) in [5.41, 5.74) is 2.75. The summed E-state index contributed by atoms with van der Waals surface area (Å²) in [6.07, 6.45) is 3.64. The maximum Gasteiger partial charge on any atom is 0.283 e. The molecule has 2 aromatic carbocycles. The first-order chi connectivity index (χ1) is 15.7. The topological polar surface area (TPSA) is 77.6 Å². The number of H-pyrrole nitrogens is 1. The van der Waals surface area contributed by atoms with Gasteiger partial charge in [0, 0.05) is 22.3 Å². The molecule has 8 heteroatoms. The van der Waals surface area contributed by atoms with Gasteiger partial charge in [-0.2, -0.15) is 0 Å². The van der Waals surface area contributed by atoms with E-state index in [1.165, 1.54) is 11.8 Å². The van der Waals surface area contributed by atoms with Crippen molar-refractivity contribution >= 4 is 68.4 Å². The zero-order chi connectivity index (χ0) is 21.9. The molecule has 0 aliphatic carbocycles. The van der Waals surface area contributed by atoms with E-state index in [1.54, 1.807) is 22.3 Å². The standard InChI is InChI=1S/C24H18N4O2S2/c29-22(26-17-9-8-16-10-11-25-20(16)13-17)15-32-24-27-21(14-19-7-4-12-31-19)23(30)28(24)18-5-2-1-3-6-18/h1-14,25H,15H2,(H,26,29)/b21-14-. The van der Waals surface area contributed by atoms with Crippen molar-refractivity contribution in [2.24, 2.45) is 4.99 Å². The molecule has 0 spiro atoms. The van der Waals surface area contributed by atoms with Crippen molar-refractivity contribution in [2.75, 3.05) is 16.0 Å². The van der Waals surface area contributed by atoms with Gasteiger partial charge >= 0.3 is 0 Å². The largest absolute Gasteiger partial charge is 0.361 e. The number of nitrogens with zero attached hydrogens (tertiary/aromatic N) is 2. The van der Waals surface area contributed by atoms with Crippen molar-refractivity contribution in [3.8, 4) is 0 Å². The molecule has 6 nitrogen and oxygen atoms in total. The second-order valence-corrected chi connectivity index (χ2v) is 8.95. The second-order valence-electron chi connectivity index (χ2n) is 7.03. The number of nitrogens with one attached hydrogen (secondary N) is 2. The summed E-state index contributed by atoms with van der Waals surface area (Å²) in [4.78, 5) is 35.9. The second kappa shape index (κ2) is 8.86. The number of amides is 2. The Labute approximate surface area is 192 Å². The number of thiophene rings is 1. The van der Waals surface area contributed by atoms with Gasteiger partial charge < -0.3 is 10.3 Å². The number of aromatic amines is 1. The fourth-order valence-corrected chi connectivity index (χ4v) is 4.82. The molecule has 2 N–H and O–H groups in total. The lowest BCUT2D eigenvalue weighted by Crippen LogP contribution is -2.31. The molecule has 1 aliphatic rings. The molecule has 2 aromatic heterocycles. The first kappa shape index (κ1) is 20.3. The van der Waals surface area contributed by atoms with E-state index in [4.69, 9.17) is 0 Å². The Morgan fingerprint density at radius 3 is 2.81 bits per heavy atom. The van der Waals surface area contributed by atoms with E-state index in [1.807, 2.05) is 78.3 Å². The molecule has 4 aromatic rings. The van der Waals surface area contributed by atoms with Crippen LogP contribution in [0.15, 0.2) is 89.0 Å². The van der Waals surface area contributed by atoms with Crippen LogP contribution in [-0.4, -0.2) is 27.7 Å². The van der Waals surface area contributed by atoms with Crippen molar-refractivity contribution in [1.82, 2.24) is 4.98 Å². The monoisotopic (exact) mass is 458 g/mol. The number of hydrogen-bond acceptors (Lipinski definition) is 5. The first-order valence-electron chi connectivity index (χ1n) is 9.90. The van der Waals surface area contributed by atoms with Crippen molar-refractivity contribution < 1.29 is 9.59 Å². The van der Waals surface area contributed by atoms with Gasteiger partial charge in [-0.1, -0.05) is 42.1 Å². The number of carbonyl (C=O) groups excluding carboxylic acids is 2. The minimum Gasteiger partial charge on any atom is -0.361 e. The van der Waals surface area contributed by atoms with Crippen LogP contribution in [-0.2, 0) is 9.59 Å². The molecule has 5 rings (SSSR count). The molecule has 158 valence electrons. The fraction of sp³-hybridized carbons (Fsp3) is 0.0417. The van der Waals surface area contributed by atoms with Crippen LogP contribution in [0.2, 0.25) is 0 Å². The number of benzene rings is 2. The average molecular weight is 459 g/mol. The molecule has 2 amide bonds. The van der Waals surface area contributed by atoms with Gasteiger partial charge in [0.05, 0.1) is 11.4 Å². The Bertz CT molecular complexity index is 1340. The summed E-state index contributed by atoms with van der Waals surface area (Å²) in [5, 5.41) is 6.43. The van der Waals surface area contributed by atoms with Gasteiger partial charge in [-0.25, -0.2) is 4.99 Å². The molecule has 0 saturated heterocycles. The zero-order valence-electron chi connectivity index (χ0n) is 16.8. The van der Waals surface area contributed by atoms with E-state index in [0.29, 0.717) is 16.6 Å². The zero-order valence-corrected chi connectivity index (χ0v) is 18.5. The number of amidine groups is 1. The van der Waals surface area contributed by atoms with E-state index in [9.17, 15) is 9.59 Å². The van der Waals surface area contributed by atoms with Gasteiger partial charge in [0.2, 0.25) is 5.91 Å². The van der Waals surface area contributed by atoms with Crippen molar-refractivity contribution in [3.05, 3.63) is 88.9 Å². The maximum atomic E-state index is 13.1. The van der Waals surface area contributed by atoms with Gasteiger partial charge in [-0.15, -0.1) is 11.3 Å². The van der Waals surface area contributed by atoms with Crippen LogP contribution < -0.4 is 10.2 Å². The Morgan fingerprint density at radius 2 is 2.00 bits per heavy atom. The summed E-state index contributed by atoms with van der Waals surface area (Å²) in [7, 11) is 0. The smallest absolute Gasteiger partial charge is 0.283 e. The predicted molar refractivity (Wildman–Crippen MR) is 133 cm³/mol. The van der Waals surface area contributed by atoms with Gasteiger partial charge in [-0.3, -0.25) is 14.5 Å². The minimum absolute atomic E-state index is 0.129. The molecule has 0 radical (unpaired) electrons. The number of anilines is 2. The highest BCUT2D eigenvalue weighted by Gasteiger charge is 2.32. The van der Waals surface area contributed by atoms with E-state index in [-0.39, 0.29) is 17.6 Å². The van der Waals surface area contributed by atoms with E-state index in [0.717, 1.165) is 21.5 Å². The molecule has 1 aliphatic heterocycles. The lowest BCUT2D eigenvalue weighted by Gasteiger charge is -2.17. The van der Waals surface area contributed by atoms with E-state index < -0.39 is 0 Å². The van der Waals surface area contributed by atoms with Crippen LogP contribution in [0.5, 0.6) is 0 Å². The molecule has 0 fully saturated rings. The van der Waals surface area contributed by atoms with Gasteiger partial charge in [0.15, 0.2) is 5.17 Å². The van der Waals surface area contributed by atoms with Crippen LogP contribution in [0, 0.1) is 0 Å². The lowest BCUT2D eigenvalue weighted by atomic mass is 10.2. The highest BCUT2D eigenvalue weighted by Crippen LogP contribution is 2.30. The molecule has 32 heavy (non-hydrogen) atoms. The van der Waals surface area contributed by atoms with Gasteiger partial charge in [0.1, 0.15) is 5.70 Å². The molecular weight excluding hydrogens is 440 g/mol. The first-order valence-corrected chi connectivity index (χ1v) is 11.8. The third-order valence-electron chi connectivity index (χ3n) is 4.84. The summed E-state index contributed by atoms with van der Waals surface area (Å²) < 4.78 is 0. The molecule has 0 atom stereocenters. The number of fused-ring (bicyclic) bond motifs is 1. The molecular formula is C24H18N4O2S2. The molecule has 0 bridgehead atoms. The normalized spacial score (nSPS) is 14.9. The number of carbonyl (C=O) groups is 2. The van der Waals surface area contributed by atoms with Crippen molar-refractivity contribution in [1.29, 1.82) is 0 Å². The number of aliphatic imine (C=N–C) groups is 1. The quantitative estimate of drug-likeness (QED) is 0.396. The number of thioether (sulfide) groups is 1.